The van der Waals surface area contributed by atoms with Crippen LogP contribution in [0.15, 0.2) is 42.5 Å². The van der Waals surface area contributed by atoms with Gasteiger partial charge in [-0.05, 0) is 44.0 Å². The number of para-hydroxylation sites is 1. The van der Waals surface area contributed by atoms with Crippen LogP contribution in [0.2, 0.25) is 0 Å². The lowest BCUT2D eigenvalue weighted by molar-refractivity contribution is 0.0955. The first-order chi connectivity index (χ1) is 14.4. The predicted octanol–water partition coefficient (Wildman–Crippen LogP) is 4.69. The molecule has 156 valence electrons. The summed E-state index contributed by atoms with van der Waals surface area (Å²) in [5, 5.41) is 6.57. The molecule has 0 aliphatic rings. The van der Waals surface area contributed by atoms with E-state index in [2.05, 4.69) is 29.5 Å². The fourth-order valence-electron chi connectivity index (χ4n) is 3.15. The Morgan fingerprint density at radius 1 is 1.03 bits per heavy atom. The molecule has 0 unspecified atom stereocenters. The topological polar surface area (TPSA) is 71.1 Å². The van der Waals surface area contributed by atoms with Crippen molar-refractivity contribution in [1.82, 2.24) is 10.3 Å². The third-order valence-corrected chi connectivity index (χ3v) is 5.84. The number of benzene rings is 2. The Morgan fingerprint density at radius 2 is 1.77 bits per heavy atom. The first-order valence-electron chi connectivity index (χ1n) is 9.79. The number of carbonyl (C=O) groups excluding carboxylic acids is 2. The van der Waals surface area contributed by atoms with Gasteiger partial charge >= 0.3 is 0 Å². The number of hydrogen-bond donors (Lipinski definition) is 2. The van der Waals surface area contributed by atoms with Crippen molar-refractivity contribution >= 4 is 28.8 Å². The second kappa shape index (κ2) is 9.63. The van der Waals surface area contributed by atoms with Crippen molar-refractivity contribution in [2.45, 2.75) is 33.6 Å². The highest BCUT2D eigenvalue weighted by Gasteiger charge is 2.18. The Hall–Kier alpha value is -3.06. The van der Waals surface area contributed by atoms with E-state index in [1.807, 2.05) is 0 Å². The number of aryl methyl sites for hydroxylation is 3. The standard InChI is InChI=1S/C23H24FN3O2S/c1-4-19-15(3)30-20(26-19)12-13-25-22(28)17-10-7-8-14(2)21(17)27-23(29)16-9-5-6-11-18(16)24/h5-11H,4,12-13H2,1-3H3,(H,25,28)(H,27,29). The van der Waals surface area contributed by atoms with Crippen LogP contribution in [0, 0.1) is 19.7 Å². The molecule has 5 nitrogen and oxygen atoms in total. The number of rotatable bonds is 7. The van der Waals surface area contributed by atoms with Crippen LogP contribution in [-0.2, 0) is 12.8 Å². The van der Waals surface area contributed by atoms with Crippen LogP contribution < -0.4 is 10.6 Å². The molecule has 30 heavy (non-hydrogen) atoms. The molecule has 0 spiro atoms. The Bertz CT molecular complexity index is 1080. The molecule has 1 heterocycles. The van der Waals surface area contributed by atoms with E-state index in [0.29, 0.717) is 24.2 Å². The number of nitrogens with zero attached hydrogens (tertiary/aromatic N) is 1. The highest BCUT2D eigenvalue weighted by atomic mass is 32.1. The zero-order valence-corrected chi connectivity index (χ0v) is 18.0. The van der Waals surface area contributed by atoms with Crippen LogP contribution in [0.4, 0.5) is 10.1 Å². The van der Waals surface area contributed by atoms with Gasteiger partial charge in [-0.15, -0.1) is 11.3 Å². The molecule has 0 bridgehead atoms. The Balaban J connectivity index is 1.71. The van der Waals surface area contributed by atoms with Crippen molar-refractivity contribution < 1.29 is 14.0 Å². The van der Waals surface area contributed by atoms with E-state index in [0.717, 1.165) is 22.7 Å². The van der Waals surface area contributed by atoms with Gasteiger partial charge in [0.15, 0.2) is 0 Å². The maximum Gasteiger partial charge on any atom is 0.258 e. The molecule has 0 fully saturated rings. The molecule has 3 aromatic rings. The minimum atomic E-state index is -0.611. The highest BCUT2D eigenvalue weighted by molar-refractivity contribution is 7.11. The fraction of sp³-hybridized carbons (Fsp3) is 0.261. The van der Waals surface area contributed by atoms with Gasteiger partial charge < -0.3 is 10.6 Å². The summed E-state index contributed by atoms with van der Waals surface area (Å²) in [6.07, 6.45) is 1.53. The number of halogens is 1. The summed E-state index contributed by atoms with van der Waals surface area (Å²) < 4.78 is 13.9. The lowest BCUT2D eigenvalue weighted by atomic mass is 10.1. The summed E-state index contributed by atoms with van der Waals surface area (Å²) in [5.41, 5.74) is 2.46. The van der Waals surface area contributed by atoms with Crippen molar-refractivity contribution in [3.05, 3.63) is 80.6 Å². The van der Waals surface area contributed by atoms with Gasteiger partial charge in [0.2, 0.25) is 0 Å². The summed E-state index contributed by atoms with van der Waals surface area (Å²) in [6.45, 7) is 6.35. The molecule has 0 aliphatic carbocycles. The van der Waals surface area contributed by atoms with E-state index in [1.165, 1.54) is 23.1 Å². The zero-order valence-electron chi connectivity index (χ0n) is 17.2. The van der Waals surface area contributed by atoms with Crippen molar-refractivity contribution in [2.24, 2.45) is 0 Å². The molecule has 0 saturated heterocycles. The average molecular weight is 426 g/mol. The first-order valence-corrected chi connectivity index (χ1v) is 10.6. The number of amides is 2. The minimum absolute atomic E-state index is 0.0713. The predicted molar refractivity (Wildman–Crippen MR) is 118 cm³/mol. The van der Waals surface area contributed by atoms with Crippen LogP contribution in [0.25, 0.3) is 0 Å². The summed E-state index contributed by atoms with van der Waals surface area (Å²) in [6, 6.07) is 10.9. The van der Waals surface area contributed by atoms with E-state index in [1.54, 1.807) is 42.5 Å². The lowest BCUT2D eigenvalue weighted by Crippen LogP contribution is -2.27. The van der Waals surface area contributed by atoms with Gasteiger partial charge in [-0.1, -0.05) is 31.2 Å². The molecule has 2 N–H and O–H groups in total. The Morgan fingerprint density at radius 3 is 2.47 bits per heavy atom. The molecular formula is C23H24FN3O2S. The van der Waals surface area contributed by atoms with E-state index in [9.17, 15) is 14.0 Å². The monoisotopic (exact) mass is 425 g/mol. The van der Waals surface area contributed by atoms with Crippen LogP contribution in [0.5, 0.6) is 0 Å². The number of aromatic nitrogens is 1. The number of anilines is 1. The number of hydrogen-bond acceptors (Lipinski definition) is 4. The van der Waals surface area contributed by atoms with Gasteiger partial charge in [0.1, 0.15) is 5.82 Å². The second-order valence-electron chi connectivity index (χ2n) is 6.90. The Kier molecular flexibility index (Phi) is 6.95. The number of thiazole rings is 1. The fourth-order valence-corrected chi connectivity index (χ4v) is 4.17. The molecule has 2 aromatic carbocycles. The quantitative estimate of drug-likeness (QED) is 0.577. The third kappa shape index (κ3) is 4.91. The normalized spacial score (nSPS) is 10.7. The molecule has 2 amide bonds. The molecule has 0 atom stereocenters. The summed E-state index contributed by atoms with van der Waals surface area (Å²) in [7, 11) is 0. The minimum Gasteiger partial charge on any atom is -0.352 e. The largest absolute Gasteiger partial charge is 0.352 e. The zero-order chi connectivity index (χ0) is 21.7. The van der Waals surface area contributed by atoms with Crippen LogP contribution in [0.3, 0.4) is 0 Å². The van der Waals surface area contributed by atoms with Gasteiger partial charge in [0, 0.05) is 17.8 Å². The molecule has 0 aliphatic heterocycles. The summed E-state index contributed by atoms with van der Waals surface area (Å²) in [5.74, 6) is -1.51. The maximum absolute atomic E-state index is 13.9. The average Bonchev–Trinajstić information content (AvgIpc) is 3.09. The SMILES string of the molecule is CCc1nc(CCNC(=O)c2cccc(C)c2NC(=O)c2ccccc2F)sc1C. The van der Waals surface area contributed by atoms with E-state index < -0.39 is 11.7 Å². The van der Waals surface area contributed by atoms with Crippen LogP contribution >= 0.6 is 11.3 Å². The summed E-state index contributed by atoms with van der Waals surface area (Å²) >= 11 is 1.64. The molecule has 1 aromatic heterocycles. The Labute approximate surface area is 179 Å². The van der Waals surface area contributed by atoms with Gasteiger partial charge in [-0.25, -0.2) is 9.37 Å². The summed E-state index contributed by atoms with van der Waals surface area (Å²) in [4.78, 5) is 31.1. The molecule has 0 saturated carbocycles. The van der Waals surface area contributed by atoms with Crippen molar-refractivity contribution in [3.8, 4) is 0 Å². The van der Waals surface area contributed by atoms with E-state index in [-0.39, 0.29) is 11.5 Å². The highest BCUT2D eigenvalue weighted by Crippen LogP contribution is 2.22. The second-order valence-corrected chi connectivity index (χ2v) is 8.19. The number of nitrogens with one attached hydrogen (secondary N) is 2. The van der Waals surface area contributed by atoms with Gasteiger partial charge in [-0.2, -0.15) is 0 Å². The van der Waals surface area contributed by atoms with Crippen molar-refractivity contribution in [3.63, 3.8) is 0 Å². The van der Waals surface area contributed by atoms with Crippen LogP contribution in [0.1, 0.15) is 48.8 Å². The van der Waals surface area contributed by atoms with Crippen molar-refractivity contribution in [1.29, 1.82) is 0 Å². The molecule has 7 heteroatoms. The smallest absolute Gasteiger partial charge is 0.258 e. The molecular weight excluding hydrogens is 401 g/mol. The van der Waals surface area contributed by atoms with Gasteiger partial charge in [-0.3, -0.25) is 9.59 Å². The van der Waals surface area contributed by atoms with Crippen molar-refractivity contribution in [2.75, 3.05) is 11.9 Å². The van der Waals surface area contributed by atoms with Gasteiger partial charge in [0.25, 0.3) is 11.8 Å². The first kappa shape index (κ1) is 21.6. The van der Waals surface area contributed by atoms with E-state index >= 15 is 0 Å². The lowest BCUT2D eigenvalue weighted by Gasteiger charge is -2.14. The maximum atomic E-state index is 13.9. The number of carbonyl (C=O) groups is 2. The van der Waals surface area contributed by atoms with Crippen LogP contribution in [-0.4, -0.2) is 23.3 Å². The molecule has 0 radical (unpaired) electrons. The van der Waals surface area contributed by atoms with E-state index in [4.69, 9.17) is 0 Å². The molecule has 3 rings (SSSR count). The van der Waals surface area contributed by atoms with Gasteiger partial charge in [0.05, 0.1) is 27.5 Å². The third-order valence-electron chi connectivity index (χ3n) is 4.77.